The topological polar surface area (TPSA) is 50.0 Å². The Morgan fingerprint density at radius 2 is 2.14 bits per heavy atom. The fourth-order valence-electron chi connectivity index (χ4n) is 2.47. The molecule has 0 saturated carbocycles. The molecule has 1 aromatic heterocycles. The third-order valence-corrected chi connectivity index (χ3v) is 4.94. The number of ketones is 1. The Bertz CT molecular complexity index is 734. The number of amides is 1. The molecule has 1 amide bonds. The van der Waals surface area contributed by atoms with Crippen LogP contribution >= 0.6 is 11.3 Å². The van der Waals surface area contributed by atoms with Crippen molar-refractivity contribution >= 4 is 28.7 Å². The van der Waals surface area contributed by atoms with Gasteiger partial charge >= 0.3 is 0 Å². The lowest BCUT2D eigenvalue weighted by Gasteiger charge is -2.16. The first-order valence-corrected chi connectivity index (χ1v) is 7.82. The highest BCUT2D eigenvalue weighted by molar-refractivity contribution is 7.09. The predicted molar refractivity (Wildman–Crippen MR) is 81.7 cm³/mol. The molecule has 21 heavy (non-hydrogen) atoms. The van der Waals surface area contributed by atoms with Crippen molar-refractivity contribution in [2.24, 2.45) is 0 Å². The first kappa shape index (κ1) is 13.9. The summed E-state index contributed by atoms with van der Waals surface area (Å²) in [5.41, 5.74) is 5.71. The number of benzene rings is 1. The Kier molecular flexibility index (Phi) is 3.59. The van der Waals surface area contributed by atoms with E-state index in [9.17, 15) is 9.59 Å². The number of aromatic nitrogens is 1. The van der Waals surface area contributed by atoms with E-state index in [4.69, 9.17) is 0 Å². The molecule has 0 fully saturated rings. The van der Waals surface area contributed by atoms with Gasteiger partial charge in [-0.1, -0.05) is 11.3 Å². The molecule has 0 radical (unpaired) electrons. The molecule has 4 nitrogen and oxygen atoms in total. The molecule has 0 atom stereocenters. The normalized spacial score (nSPS) is 13.7. The van der Waals surface area contributed by atoms with Gasteiger partial charge in [-0.05, 0) is 37.1 Å². The summed E-state index contributed by atoms with van der Waals surface area (Å²) in [6.07, 6.45) is 1.19. The third kappa shape index (κ3) is 2.74. The third-order valence-electron chi connectivity index (χ3n) is 3.93. The van der Waals surface area contributed by atoms with Gasteiger partial charge in [0.15, 0.2) is 5.69 Å². The summed E-state index contributed by atoms with van der Waals surface area (Å²) in [6, 6.07) is 5.53. The molecule has 1 aliphatic rings. The van der Waals surface area contributed by atoms with E-state index in [0.29, 0.717) is 24.9 Å². The van der Waals surface area contributed by atoms with Crippen molar-refractivity contribution < 1.29 is 14.2 Å². The number of hydrogen-bond donors (Lipinski definition) is 1. The number of fused-ring (bicyclic) bond motifs is 1. The Hall–Kier alpha value is -2.01. The van der Waals surface area contributed by atoms with Crippen LogP contribution in [0.5, 0.6) is 0 Å². The van der Waals surface area contributed by atoms with Gasteiger partial charge in [-0.15, -0.1) is 0 Å². The molecule has 1 aliphatic heterocycles. The zero-order chi connectivity index (χ0) is 15.0. The predicted octanol–water partition coefficient (Wildman–Crippen LogP) is 2.42. The molecule has 0 unspecified atom stereocenters. The minimum atomic E-state index is 0.0431. The summed E-state index contributed by atoms with van der Waals surface area (Å²) in [7, 11) is 0. The van der Waals surface area contributed by atoms with Gasteiger partial charge in [0.1, 0.15) is 0 Å². The number of hydrogen-bond acceptors (Lipinski definition) is 3. The zero-order valence-corrected chi connectivity index (χ0v) is 12.9. The van der Waals surface area contributed by atoms with Crippen molar-refractivity contribution in [3.63, 3.8) is 0 Å². The molecule has 1 N–H and O–H groups in total. The van der Waals surface area contributed by atoms with E-state index in [2.05, 4.69) is 12.2 Å². The number of rotatable bonds is 3. The number of nitrogens with one attached hydrogen (secondary N) is 1. The van der Waals surface area contributed by atoms with Gasteiger partial charge in [-0.2, -0.15) is 4.57 Å². The van der Waals surface area contributed by atoms with Crippen LogP contribution in [0.4, 0.5) is 5.69 Å². The second-order valence-electron chi connectivity index (χ2n) is 5.34. The van der Waals surface area contributed by atoms with Crippen LogP contribution in [0.2, 0.25) is 0 Å². The Labute approximate surface area is 127 Å². The average molecular weight is 301 g/mol. The lowest BCUT2D eigenvalue weighted by molar-refractivity contribution is -0.684. The first-order chi connectivity index (χ1) is 10.0. The minimum absolute atomic E-state index is 0.0431. The summed E-state index contributed by atoms with van der Waals surface area (Å²) in [5.74, 6) is 0.141. The number of nitrogens with zero attached hydrogens (tertiary/aromatic N) is 1. The second-order valence-corrected chi connectivity index (χ2v) is 6.39. The van der Waals surface area contributed by atoms with Gasteiger partial charge in [0.05, 0.1) is 4.88 Å². The number of carbonyl (C=O) groups is 2. The van der Waals surface area contributed by atoms with Crippen molar-refractivity contribution in [3.05, 3.63) is 45.4 Å². The average Bonchev–Trinajstić information content (AvgIpc) is 2.78. The maximum atomic E-state index is 12.4. The molecule has 3 rings (SSSR count). The highest BCUT2D eigenvalue weighted by atomic mass is 32.1. The molecular weight excluding hydrogens is 284 g/mol. The Balaban J connectivity index is 1.82. The number of carbonyl (C=O) groups excluding carboxylic acids is 2. The number of thiazole rings is 1. The van der Waals surface area contributed by atoms with Crippen molar-refractivity contribution in [3.8, 4) is 0 Å². The van der Waals surface area contributed by atoms with Crippen LogP contribution in [0.3, 0.4) is 0 Å². The number of anilines is 1. The van der Waals surface area contributed by atoms with E-state index in [0.717, 1.165) is 16.9 Å². The first-order valence-electron chi connectivity index (χ1n) is 6.94. The molecule has 108 valence electrons. The van der Waals surface area contributed by atoms with Crippen molar-refractivity contribution in [2.45, 2.75) is 33.2 Å². The van der Waals surface area contributed by atoms with Gasteiger partial charge in [-0.25, -0.2) is 0 Å². The van der Waals surface area contributed by atoms with E-state index in [1.807, 2.05) is 29.1 Å². The van der Waals surface area contributed by atoms with E-state index >= 15 is 0 Å². The van der Waals surface area contributed by atoms with Crippen LogP contribution < -0.4 is 9.88 Å². The van der Waals surface area contributed by atoms with Crippen LogP contribution in [-0.4, -0.2) is 11.7 Å². The monoisotopic (exact) mass is 301 g/mol. The fraction of sp³-hybridized carbons (Fsp3) is 0.312. The zero-order valence-electron chi connectivity index (χ0n) is 12.1. The standard InChI is InChI=1S/C16H16N2O2S/c1-10-11(2)21-9-18(10)8-15(19)13-3-5-14-12(7-13)4-6-16(20)17-14/h3,5,7,9H,4,6,8H2,1-2H3/p+1. The summed E-state index contributed by atoms with van der Waals surface area (Å²) in [5, 5.41) is 2.83. The number of Topliss-reactive ketones (excluding diaryl/α,β-unsaturated/α-hetero) is 1. The summed E-state index contributed by atoms with van der Waals surface area (Å²) in [6.45, 7) is 4.45. The molecule has 0 bridgehead atoms. The van der Waals surface area contributed by atoms with Crippen molar-refractivity contribution in [1.82, 2.24) is 0 Å². The smallest absolute Gasteiger partial charge is 0.227 e. The molecule has 2 heterocycles. The van der Waals surface area contributed by atoms with Crippen molar-refractivity contribution in [1.29, 1.82) is 0 Å². The molecule has 2 aromatic rings. The molecule has 0 aliphatic carbocycles. The van der Waals surface area contributed by atoms with Crippen LogP contribution in [0.1, 0.15) is 32.9 Å². The molecular formula is C16H17N2O2S+. The van der Waals surface area contributed by atoms with E-state index in [1.165, 1.54) is 4.88 Å². The molecule has 0 saturated heterocycles. The van der Waals surface area contributed by atoms with Crippen molar-refractivity contribution in [2.75, 3.05) is 5.32 Å². The summed E-state index contributed by atoms with van der Waals surface area (Å²) in [4.78, 5) is 25.0. The lowest BCUT2D eigenvalue weighted by atomic mass is 9.99. The van der Waals surface area contributed by atoms with Crippen LogP contribution in [0.25, 0.3) is 0 Å². The molecule has 1 aromatic carbocycles. The van der Waals surface area contributed by atoms with Gasteiger partial charge in [0.25, 0.3) is 0 Å². The van der Waals surface area contributed by atoms with E-state index in [-0.39, 0.29) is 11.7 Å². The van der Waals surface area contributed by atoms with Gasteiger partial charge in [0, 0.05) is 24.6 Å². The Morgan fingerprint density at radius 1 is 1.33 bits per heavy atom. The van der Waals surface area contributed by atoms with Crippen LogP contribution in [0, 0.1) is 13.8 Å². The number of aryl methyl sites for hydroxylation is 2. The second kappa shape index (κ2) is 5.41. The van der Waals surface area contributed by atoms with Crippen LogP contribution in [0.15, 0.2) is 23.7 Å². The lowest BCUT2D eigenvalue weighted by Crippen LogP contribution is -2.38. The summed E-state index contributed by atoms with van der Waals surface area (Å²) >= 11 is 1.65. The summed E-state index contributed by atoms with van der Waals surface area (Å²) < 4.78 is 1.99. The quantitative estimate of drug-likeness (QED) is 0.699. The van der Waals surface area contributed by atoms with Gasteiger partial charge < -0.3 is 5.32 Å². The SMILES string of the molecule is Cc1sc[n+](CC(=O)c2ccc3c(c2)CCC(=O)N3)c1C. The maximum Gasteiger partial charge on any atom is 0.227 e. The molecule has 5 heteroatoms. The maximum absolute atomic E-state index is 12.4. The minimum Gasteiger partial charge on any atom is -0.326 e. The van der Waals surface area contributed by atoms with Gasteiger partial charge in [0.2, 0.25) is 23.7 Å². The highest BCUT2D eigenvalue weighted by Gasteiger charge is 2.20. The highest BCUT2D eigenvalue weighted by Crippen LogP contribution is 2.23. The Morgan fingerprint density at radius 3 is 2.86 bits per heavy atom. The fourth-order valence-corrected chi connectivity index (χ4v) is 3.27. The van der Waals surface area contributed by atoms with Gasteiger partial charge in [-0.3, -0.25) is 9.59 Å². The largest absolute Gasteiger partial charge is 0.326 e. The molecule has 0 spiro atoms. The van der Waals surface area contributed by atoms with E-state index in [1.54, 1.807) is 17.4 Å². The van der Waals surface area contributed by atoms with E-state index < -0.39 is 0 Å². The van der Waals surface area contributed by atoms with Crippen LogP contribution in [-0.2, 0) is 17.8 Å².